The zero-order chi connectivity index (χ0) is 30.9. The number of carbonyl (C=O) groups excluding carboxylic acids is 2. The Morgan fingerprint density at radius 2 is 0.953 bits per heavy atom. The van der Waals surface area contributed by atoms with Crippen LogP contribution in [-0.4, -0.2) is 16.3 Å². The molecule has 6 aromatic rings. The Labute approximate surface area is 256 Å². The van der Waals surface area contributed by atoms with Gasteiger partial charge >= 0.3 is 5.97 Å². The summed E-state index contributed by atoms with van der Waals surface area (Å²) in [6, 6.07) is 37.0. The summed E-state index contributed by atoms with van der Waals surface area (Å²) < 4.78 is 5.37. The fourth-order valence-electron chi connectivity index (χ4n) is 4.80. The highest BCUT2D eigenvalue weighted by molar-refractivity contribution is 6.67. The first-order valence-corrected chi connectivity index (χ1v) is 14.2. The quantitative estimate of drug-likeness (QED) is 0.0942. The lowest BCUT2D eigenvalue weighted by molar-refractivity contribution is -0.140. The van der Waals surface area contributed by atoms with Gasteiger partial charge in [-0.25, -0.2) is 4.79 Å². The number of ether oxygens (including phenoxy) is 1. The predicted octanol–water partition coefficient (Wildman–Crippen LogP) is 9.43. The molecule has 0 heterocycles. The average molecular weight is 589 g/mol. The van der Waals surface area contributed by atoms with Gasteiger partial charge < -0.3 is 9.84 Å². The van der Waals surface area contributed by atoms with Gasteiger partial charge in [-0.15, -0.1) is 0 Å². The molecule has 6 rings (SSSR count). The third-order valence-electron chi connectivity index (χ3n) is 6.96. The van der Waals surface area contributed by atoms with Crippen molar-refractivity contribution in [3.05, 3.63) is 145 Å². The van der Waals surface area contributed by atoms with E-state index in [4.69, 9.17) is 16.3 Å². The van der Waals surface area contributed by atoms with Crippen molar-refractivity contribution < 1.29 is 19.4 Å². The summed E-state index contributed by atoms with van der Waals surface area (Å²) in [5.41, 5.74) is 2.86. The fourth-order valence-corrected chi connectivity index (χ4v) is 4.80. The molecule has 6 aromatic carbocycles. The first-order chi connectivity index (χ1) is 20.7. The SMILES string of the molecule is C=C(C)C(=O)Cl.C=C(C)C(=O)OCc1c2ccccc2cc2ccccc12.OCc1c2ccccc2cc2ccccc12. The van der Waals surface area contributed by atoms with Gasteiger partial charge in [-0.2, -0.15) is 0 Å². The molecule has 0 amide bonds. The predicted molar refractivity (Wildman–Crippen MR) is 179 cm³/mol. The zero-order valence-electron chi connectivity index (χ0n) is 24.3. The summed E-state index contributed by atoms with van der Waals surface area (Å²) in [4.78, 5) is 21.5. The van der Waals surface area contributed by atoms with E-state index in [0.29, 0.717) is 11.1 Å². The molecule has 216 valence electrons. The summed E-state index contributed by atoms with van der Waals surface area (Å²) in [5, 5.41) is 18.3. The second-order valence-electron chi connectivity index (χ2n) is 10.2. The van der Waals surface area contributed by atoms with Crippen LogP contribution in [0, 0.1) is 0 Å². The van der Waals surface area contributed by atoms with Gasteiger partial charge in [0, 0.05) is 16.7 Å². The smallest absolute Gasteiger partial charge is 0.333 e. The summed E-state index contributed by atoms with van der Waals surface area (Å²) in [6.45, 7) is 10.5. The molecular weight excluding hydrogens is 556 g/mol. The van der Waals surface area contributed by atoms with Gasteiger partial charge in [0.2, 0.25) is 5.24 Å². The van der Waals surface area contributed by atoms with Crippen LogP contribution in [0.5, 0.6) is 0 Å². The van der Waals surface area contributed by atoms with Crippen molar-refractivity contribution in [2.75, 3.05) is 0 Å². The van der Waals surface area contributed by atoms with E-state index in [2.05, 4.69) is 73.8 Å². The number of allylic oxidation sites excluding steroid dienone is 1. The highest BCUT2D eigenvalue weighted by atomic mass is 35.5. The molecular formula is C38H33ClO4. The Kier molecular flexibility index (Phi) is 10.4. The first kappa shape index (κ1) is 31.2. The van der Waals surface area contributed by atoms with Gasteiger partial charge in [-0.1, -0.05) is 110 Å². The lowest BCUT2D eigenvalue weighted by atomic mass is 9.97. The van der Waals surface area contributed by atoms with Crippen LogP contribution in [0.1, 0.15) is 25.0 Å². The van der Waals surface area contributed by atoms with Crippen molar-refractivity contribution in [3.63, 3.8) is 0 Å². The molecule has 0 aliphatic carbocycles. The van der Waals surface area contributed by atoms with Crippen molar-refractivity contribution in [2.45, 2.75) is 27.1 Å². The Balaban J connectivity index is 0.000000170. The third-order valence-corrected chi connectivity index (χ3v) is 7.28. The largest absolute Gasteiger partial charge is 0.457 e. The van der Waals surface area contributed by atoms with Crippen LogP contribution in [0.3, 0.4) is 0 Å². The lowest BCUT2D eigenvalue weighted by Gasteiger charge is -2.12. The summed E-state index contributed by atoms with van der Waals surface area (Å²) in [7, 11) is 0. The number of halogens is 1. The molecule has 1 N–H and O–H groups in total. The molecule has 0 aromatic heterocycles. The summed E-state index contributed by atoms with van der Waals surface area (Å²) in [5.74, 6) is -0.355. The summed E-state index contributed by atoms with van der Waals surface area (Å²) in [6.07, 6.45) is 0. The Morgan fingerprint density at radius 3 is 1.26 bits per heavy atom. The Morgan fingerprint density at radius 1 is 0.628 bits per heavy atom. The third kappa shape index (κ3) is 7.55. The van der Waals surface area contributed by atoms with E-state index in [1.807, 2.05) is 48.5 Å². The number of carbonyl (C=O) groups is 2. The van der Waals surface area contributed by atoms with Crippen LogP contribution in [0.15, 0.2) is 133 Å². The number of esters is 1. The van der Waals surface area contributed by atoms with Crippen molar-refractivity contribution >= 4 is 65.9 Å². The number of hydrogen-bond acceptors (Lipinski definition) is 4. The Hall–Kier alpha value is -4.77. The van der Waals surface area contributed by atoms with E-state index < -0.39 is 5.24 Å². The van der Waals surface area contributed by atoms with E-state index in [0.717, 1.165) is 43.4 Å². The second kappa shape index (κ2) is 14.4. The van der Waals surface area contributed by atoms with Gasteiger partial charge in [0.25, 0.3) is 0 Å². The van der Waals surface area contributed by atoms with Crippen LogP contribution < -0.4 is 0 Å². The number of hydrogen-bond donors (Lipinski definition) is 1. The minimum absolute atomic E-state index is 0.0852. The van der Waals surface area contributed by atoms with E-state index in [-0.39, 0.29) is 19.2 Å². The van der Waals surface area contributed by atoms with Crippen LogP contribution >= 0.6 is 11.6 Å². The molecule has 0 spiro atoms. The van der Waals surface area contributed by atoms with Crippen molar-refractivity contribution in [1.29, 1.82) is 0 Å². The van der Waals surface area contributed by atoms with Crippen molar-refractivity contribution in [3.8, 4) is 0 Å². The molecule has 5 heteroatoms. The standard InChI is InChI=1S/C19H16O2.C15H12O.C4H5ClO/c1-13(2)19(20)21-12-18-16-9-5-3-7-14(16)11-15-8-4-6-10-17(15)18;16-10-15-13-7-3-1-5-11(13)9-12-6-2-4-8-14(12)15;1-3(2)4(5)6/h3-11H,1,12H2,2H3;1-9,16H,10H2;1H2,2H3. The van der Waals surface area contributed by atoms with Crippen LogP contribution in [0.2, 0.25) is 0 Å². The first-order valence-electron chi connectivity index (χ1n) is 13.8. The van der Waals surface area contributed by atoms with E-state index in [1.165, 1.54) is 10.8 Å². The molecule has 0 aliphatic rings. The second-order valence-corrected chi connectivity index (χ2v) is 10.5. The Bertz CT molecular complexity index is 1850. The molecule has 43 heavy (non-hydrogen) atoms. The molecule has 4 nitrogen and oxygen atoms in total. The van der Waals surface area contributed by atoms with Crippen LogP contribution in [-0.2, 0) is 27.5 Å². The zero-order valence-corrected chi connectivity index (χ0v) is 25.0. The minimum Gasteiger partial charge on any atom is -0.457 e. The molecule has 0 saturated carbocycles. The maximum absolute atomic E-state index is 11.7. The maximum atomic E-state index is 11.7. The topological polar surface area (TPSA) is 63.6 Å². The van der Waals surface area contributed by atoms with Gasteiger partial charge in [-0.05, 0) is 86.2 Å². The van der Waals surface area contributed by atoms with Crippen LogP contribution in [0.25, 0.3) is 43.1 Å². The van der Waals surface area contributed by atoms with E-state index in [9.17, 15) is 14.7 Å². The van der Waals surface area contributed by atoms with Gasteiger partial charge in [0.15, 0.2) is 0 Å². The molecule has 0 radical (unpaired) electrons. The van der Waals surface area contributed by atoms with Gasteiger partial charge in [0.05, 0.1) is 6.61 Å². The number of aliphatic hydroxyl groups is 1. The van der Waals surface area contributed by atoms with Gasteiger partial charge in [-0.3, -0.25) is 4.79 Å². The van der Waals surface area contributed by atoms with E-state index >= 15 is 0 Å². The highest BCUT2D eigenvalue weighted by Crippen LogP contribution is 2.30. The fraction of sp³-hybridized carbons (Fsp3) is 0.105. The number of benzene rings is 6. The lowest BCUT2D eigenvalue weighted by Crippen LogP contribution is -2.05. The van der Waals surface area contributed by atoms with Crippen molar-refractivity contribution in [2.24, 2.45) is 0 Å². The molecule has 0 saturated heterocycles. The maximum Gasteiger partial charge on any atom is 0.333 e. The number of fused-ring (bicyclic) bond motifs is 4. The normalized spacial score (nSPS) is 10.4. The van der Waals surface area contributed by atoms with E-state index in [1.54, 1.807) is 13.8 Å². The summed E-state index contributed by atoms with van der Waals surface area (Å²) >= 11 is 4.87. The number of rotatable bonds is 5. The van der Waals surface area contributed by atoms with Gasteiger partial charge in [0.1, 0.15) is 6.61 Å². The number of aliphatic hydroxyl groups excluding tert-OH is 1. The molecule has 0 fully saturated rings. The highest BCUT2D eigenvalue weighted by Gasteiger charge is 2.10. The molecule has 0 atom stereocenters. The molecule has 0 bridgehead atoms. The average Bonchev–Trinajstić information content (AvgIpc) is 3.02. The minimum atomic E-state index is -0.463. The molecule has 0 aliphatic heterocycles. The van der Waals surface area contributed by atoms with Crippen molar-refractivity contribution in [1.82, 2.24) is 0 Å². The molecule has 0 unspecified atom stereocenters. The van der Waals surface area contributed by atoms with Crippen LogP contribution in [0.4, 0.5) is 0 Å². The monoisotopic (exact) mass is 588 g/mol.